The Balaban J connectivity index is 1.54. The fourth-order valence-electron chi connectivity index (χ4n) is 3.83. The molecule has 0 unspecified atom stereocenters. The number of likely N-dealkylation sites (N-methyl/N-ethyl adjacent to an activating group) is 1. The Labute approximate surface area is 197 Å². The minimum atomic E-state index is -3.52. The number of para-hydroxylation sites is 2. The van der Waals surface area contributed by atoms with Crippen molar-refractivity contribution >= 4 is 33.0 Å². The molecule has 0 bridgehead atoms. The van der Waals surface area contributed by atoms with Crippen molar-refractivity contribution in [2.24, 2.45) is 0 Å². The summed E-state index contributed by atoms with van der Waals surface area (Å²) in [5, 5.41) is 2.90. The number of hydrogen-bond donors (Lipinski definition) is 1. The Morgan fingerprint density at radius 1 is 1.06 bits per heavy atom. The molecular weight excluding hydrogens is 440 g/mol. The van der Waals surface area contributed by atoms with Crippen LogP contribution in [0.4, 0.5) is 17.1 Å². The first-order chi connectivity index (χ1) is 15.8. The summed E-state index contributed by atoms with van der Waals surface area (Å²) in [6.45, 7) is 6.54. The third kappa shape index (κ3) is 7.10. The van der Waals surface area contributed by atoms with Gasteiger partial charge in [-0.05, 0) is 56.8 Å². The van der Waals surface area contributed by atoms with Crippen LogP contribution in [0, 0.1) is 0 Å². The van der Waals surface area contributed by atoms with Crippen molar-refractivity contribution in [2.45, 2.75) is 19.8 Å². The molecule has 0 aromatic heterocycles. The van der Waals surface area contributed by atoms with Crippen molar-refractivity contribution in [1.29, 1.82) is 0 Å². The Morgan fingerprint density at radius 2 is 1.73 bits per heavy atom. The highest BCUT2D eigenvalue weighted by Gasteiger charge is 2.21. The molecule has 1 aliphatic heterocycles. The molecule has 2 aromatic rings. The minimum Gasteiger partial charge on any atom is -0.492 e. The molecule has 1 heterocycles. The van der Waals surface area contributed by atoms with Crippen molar-refractivity contribution in [3.8, 4) is 5.75 Å². The van der Waals surface area contributed by atoms with Crippen LogP contribution in [0.15, 0.2) is 48.5 Å². The third-order valence-electron chi connectivity index (χ3n) is 5.62. The summed E-state index contributed by atoms with van der Waals surface area (Å²) in [4.78, 5) is 17.1. The molecule has 1 N–H and O–H groups in total. The molecule has 9 heteroatoms. The van der Waals surface area contributed by atoms with Gasteiger partial charge in [-0.3, -0.25) is 9.10 Å². The van der Waals surface area contributed by atoms with E-state index in [9.17, 15) is 13.2 Å². The molecule has 1 fully saturated rings. The molecule has 0 aliphatic carbocycles. The molecule has 33 heavy (non-hydrogen) atoms. The lowest BCUT2D eigenvalue weighted by molar-refractivity contribution is -0.116. The van der Waals surface area contributed by atoms with Gasteiger partial charge < -0.3 is 19.9 Å². The van der Waals surface area contributed by atoms with E-state index in [4.69, 9.17) is 4.74 Å². The van der Waals surface area contributed by atoms with Crippen LogP contribution in [0.2, 0.25) is 0 Å². The highest BCUT2D eigenvalue weighted by Crippen LogP contribution is 2.30. The number of sulfonamides is 1. The number of piperazine rings is 1. The predicted molar refractivity (Wildman–Crippen MR) is 134 cm³/mol. The van der Waals surface area contributed by atoms with E-state index in [2.05, 4.69) is 22.2 Å². The average molecular weight is 475 g/mol. The molecule has 3 rings (SSSR count). The second kappa shape index (κ2) is 11.4. The molecule has 1 amide bonds. The van der Waals surface area contributed by atoms with Gasteiger partial charge in [-0.25, -0.2) is 8.42 Å². The standard InChI is InChI=1S/C24H34N4O4S/c1-4-32-23-9-6-5-8-22(23)28(33(3,30)31)15-7-10-24(29)25-20-11-13-21(14-12-20)27-18-16-26(2)17-19-27/h5-6,8-9,11-14H,4,7,10,15-19H2,1-3H3,(H,25,29). The number of benzene rings is 2. The zero-order chi connectivity index (χ0) is 23.8. The molecule has 0 spiro atoms. The van der Waals surface area contributed by atoms with Crippen LogP contribution in [-0.4, -0.2) is 71.9 Å². The van der Waals surface area contributed by atoms with Gasteiger partial charge >= 0.3 is 0 Å². The third-order valence-corrected chi connectivity index (χ3v) is 6.80. The number of carbonyl (C=O) groups excluding carboxylic acids is 1. The van der Waals surface area contributed by atoms with Crippen molar-refractivity contribution in [3.63, 3.8) is 0 Å². The fraction of sp³-hybridized carbons (Fsp3) is 0.458. The van der Waals surface area contributed by atoms with Gasteiger partial charge in [0.2, 0.25) is 15.9 Å². The zero-order valence-electron chi connectivity index (χ0n) is 19.7. The number of nitrogens with zero attached hydrogens (tertiary/aromatic N) is 3. The van der Waals surface area contributed by atoms with E-state index in [0.717, 1.165) is 43.8 Å². The minimum absolute atomic E-state index is 0.145. The Bertz CT molecular complexity index is 1020. The van der Waals surface area contributed by atoms with E-state index in [1.165, 1.54) is 4.31 Å². The number of hydrogen-bond acceptors (Lipinski definition) is 6. The van der Waals surface area contributed by atoms with E-state index in [1.807, 2.05) is 31.2 Å². The Hall–Kier alpha value is -2.78. The van der Waals surface area contributed by atoms with E-state index in [1.54, 1.807) is 24.3 Å². The van der Waals surface area contributed by atoms with Crippen molar-refractivity contribution in [1.82, 2.24) is 4.90 Å². The van der Waals surface area contributed by atoms with E-state index < -0.39 is 10.0 Å². The number of rotatable bonds is 10. The average Bonchev–Trinajstić information content (AvgIpc) is 2.78. The maximum absolute atomic E-state index is 12.5. The first-order valence-electron chi connectivity index (χ1n) is 11.3. The molecule has 0 atom stereocenters. The van der Waals surface area contributed by atoms with Gasteiger partial charge in [0.15, 0.2) is 0 Å². The lowest BCUT2D eigenvalue weighted by Crippen LogP contribution is -2.44. The molecule has 2 aromatic carbocycles. The second-order valence-corrected chi connectivity index (χ2v) is 10.1. The monoisotopic (exact) mass is 474 g/mol. The summed E-state index contributed by atoms with van der Waals surface area (Å²) < 4.78 is 31.7. The van der Waals surface area contributed by atoms with Crippen LogP contribution in [-0.2, 0) is 14.8 Å². The highest BCUT2D eigenvalue weighted by atomic mass is 32.2. The van der Waals surface area contributed by atoms with Crippen LogP contribution in [0.3, 0.4) is 0 Å². The Kier molecular flexibility index (Phi) is 8.57. The number of carbonyl (C=O) groups is 1. The first-order valence-corrected chi connectivity index (χ1v) is 13.2. The number of nitrogens with one attached hydrogen (secondary N) is 1. The quantitative estimate of drug-likeness (QED) is 0.570. The van der Waals surface area contributed by atoms with Crippen LogP contribution < -0.4 is 19.3 Å². The summed E-state index contributed by atoms with van der Waals surface area (Å²) in [6.07, 6.45) is 1.76. The molecule has 8 nitrogen and oxygen atoms in total. The van der Waals surface area contributed by atoms with E-state index >= 15 is 0 Å². The van der Waals surface area contributed by atoms with Gasteiger partial charge in [0.25, 0.3) is 0 Å². The zero-order valence-corrected chi connectivity index (χ0v) is 20.5. The SMILES string of the molecule is CCOc1ccccc1N(CCCC(=O)Nc1ccc(N2CCN(C)CC2)cc1)S(C)(=O)=O. The van der Waals surface area contributed by atoms with E-state index in [0.29, 0.717) is 24.5 Å². The molecule has 0 saturated carbocycles. The number of amides is 1. The van der Waals surface area contributed by atoms with Gasteiger partial charge in [-0.15, -0.1) is 0 Å². The van der Waals surface area contributed by atoms with Crippen molar-refractivity contribution in [2.75, 3.05) is 67.2 Å². The van der Waals surface area contributed by atoms with Crippen LogP contribution in [0.1, 0.15) is 19.8 Å². The van der Waals surface area contributed by atoms with Crippen molar-refractivity contribution in [3.05, 3.63) is 48.5 Å². The summed E-state index contributed by atoms with van der Waals surface area (Å²) in [6, 6.07) is 14.9. The smallest absolute Gasteiger partial charge is 0.232 e. The number of ether oxygens (including phenoxy) is 1. The predicted octanol–water partition coefficient (Wildman–Crippen LogP) is 3.02. The maximum atomic E-state index is 12.5. The van der Waals surface area contributed by atoms with Crippen LogP contribution in [0.5, 0.6) is 5.75 Å². The largest absolute Gasteiger partial charge is 0.492 e. The lowest BCUT2D eigenvalue weighted by Gasteiger charge is -2.34. The normalized spacial score (nSPS) is 14.7. The molecule has 1 aliphatic rings. The molecular formula is C24H34N4O4S. The fourth-order valence-corrected chi connectivity index (χ4v) is 4.80. The van der Waals surface area contributed by atoms with Crippen LogP contribution in [0.25, 0.3) is 0 Å². The van der Waals surface area contributed by atoms with Crippen molar-refractivity contribution < 1.29 is 17.9 Å². The molecule has 0 radical (unpaired) electrons. The molecule has 1 saturated heterocycles. The van der Waals surface area contributed by atoms with Gasteiger partial charge in [0.1, 0.15) is 5.75 Å². The van der Waals surface area contributed by atoms with Crippen LogP contribution >= 0.6 is 0 Å². The number of anilines is 3. The maximum Gasteiger partial charge on any atom is 0.232 e. The van der Waals surface area contributed by atoms with Gasteiger partial charge in [-0.1, -0.05) is 12.1 Å². The topological polar surface area (TPSA) is 82.2 Å². The summed E-state index contributed by atoms with van der Waals surface area (Å²) >= 11 is 0. The van der Waals surface area contributed by atoms with Gasteiger partial charge in [-0.2, -0.15) is 0 Å². The first kappa shape index (κ1) is 24.9. The second-order valence-electron chi connectivity index (χ2n) is 8.22. The summed E-state index contributed by atoms with van der Waals surface area (Å²) in [5.41, 5.74) is 2.37. The Morgan fingerprint density at radius 3 is 2.36 bits per heavy atom. The highest BCUT2D eigenvalue weighted by molar-refractivity contribution is 7.92. The van der Waals surface area contributed by atoms with Gasteiger partial charge in [0.05, 0.1) is 18.6 Å². The molecule has 180 valence electrons. The lowest BCUT2D eigenvalue weighted by atomic mass is 10.2. The van der Waals surface area contributed by atoms with Gasteiger partial charge in [0, 0.05) is 50.5 Å². The summed E-state index contributed by atoms with van der Waals surface area (Å²) in [5.74, 6) is 0.365. The summed E-state index contributed by atoms with van der Waals surface area (Å²) in [7, 11) is -1.39. The van der Waals surface area contributed by atoms with E-state index in [-0.39, 0.29) is 18.9 Å².